The van der Waals surface area contributed by atoms with Crippen LogP contribution in [0, 0.1) is 12.3 Å². The predicted octanol–water partition coefficient (Wildman–Crippen LogP) is 2.61. The highest BCUT2D eigenvalue weighted by Gasteiger charge is 2.12. The summed E-state index contributed by atoms with van der Waals surface area (Å²) in [6, 6.07) is 0. The summed E-state index contributed by atoms with van der Waals surface area (Å²) in [5.41, 5.74) is -0.381. The van der Waals surface area contributed by atoms with Gasteiger partial charge in [-0.25, -0.2) is 0 Å². The Labute approximate surface area is 70.1 Å². The standard InChI is InChI=1S/C10H18O/c1-5-7-8-9-11-10(3,4)6-2/h2H,5,7-9H2,1,3-4H3. The summed E-state index contributed by atoms with van der Waals surface area (Å²) in [4.78, 5) is 0. The summed E-state index contributed by atoms with van der Waals surface area (Å²) in [6.07, 6.45) is 8.80. The minimum absolute atomic E-state index is 0.381. The SMILES string of the molecule is C#CC(C)(C)OCCCCC. The Kier molecular flexibility index (Phi) is 4.98. The van der Waals surface area contributed by atoms with Crippen LogP contribution in [-0.2, 0) is 4.74 Å². The number of rotatable bonds is 5. The predicted molar refractivity (Wildman–Crippen MR) is 48.4 cm³/mol. The average Bonchev–Trinajstić information content (AvgIpc) is 1.99. The maximum absolute atomic E-state index is 5.44. The quantitative estimate of drug-likeness (QED) is 0.437. The molecule has 1 nitrogen and oxygen atoms in total. The molecule has 1 heteroatoms. The van der Waals surface area contributed by atoms with E-state index in [4.69, 9.17) is 11.2 Å². The Balaban J connectivity index is 3.32. The van der Waals surface area contributed by atoms with E-state index in [1.165, 1.54) is 12.8 Å². The maximum Gasteiger partial charge on any atom is 0.122 e. The molecule has 0 aliphatic carbocycles. The van der Waals surface area contributed by atoms with Gasteiger partial charge in [0.15, 0.2) is 0 Å². The Morgan fingerprint density at radius 2 is 2.00 bits per heavy atom. The zero-order chi connectivity index (χ0) is 8.74. The van der Waals surface area contributed by atoms with Crippen molar-refractivity contribution in [3.05, 3.63) is 0 Å². The van der Waals surface area contributed by atoms with Crippen molar-refractivity contribution in [2.45, 2.75) is 45.6 Å². The van der Waals surface area contributed by atoms with E-state index in [9.17, 15) is 0 Å². The molecule has 0 aromatic rings. The van der Waals surface area contributed by atoms with E-state index in [-0.39, 0.29) is 5.60 Å². The van der Waals surface area contributed by atoms with Gasteiger partial charge in [-0.2, -0.15) is 0 Å². The zero-order valence-corrected chi connectivity index (χ0v) is 7.81. The second-order valence-electron chi connectivity index (χ2n) is 3.21. The molecule has 0 aliphatic heterocycles. The van der Waals surface area contributed by atoms with E-state index in [1.807, 2.05) is 13.8 Å². The molecule has 0 fully saturated rings. The lowest BCUT2D eigenvalue weighted by molar-refractivity contribution is 0.0250. The smallest absolute Gasteiger partial charge is 0.122 e. The summed E-state index contributed by atoms with van der Waals surface area (Å²) >= 11 is 0. The molecule has 0 aromatic heterocycles. The van der Waals surface area contributed by atoms with Crippen molar-refractivity contribution < 1.29 is 4.74 Å². The summed E-state index contributed by atoms with van der Waals surface area (Å²) < 4.78 is 5.44. The van der Waals surface area contributed by atoms with Gasteiger partial charge in [0.1, 0.15) is 5.60 Å². The van der Waals surface area contributed by atoms with Crippen molar-refractivity contribution in [1.29, 1.82) is 0 Å². The molecule has 0 aliphatic rings. The molecule has 0 saturated carbocycles. The molecule has 0 atom stereocenters. The highest BCUT2D eigenvalue weighted by Crippen LogP contribution is 2.08. The van der Waals surface area contributed by atoms with Gasteiger partial charge in [0, 0.05) is 6.61 Å². The van der Waals surface area contributed by atoms with Crippen LogP contribution in [0.4, 0.5) is 0 Å². The Morgan fingerprint density at radius 3 is 2.45 bits per heavy atom. The third-order valence-corrected chi connectivity index (χ3v) is 1.56. The number of hydrogen-bond donors (Lipinski definition) is 0. The van der Waals surface area contributed by atoms with E-state index >= 15 is 0 Å². The first kappa shape index (κ1) is 10.5. The van der Waals surface area contributed by atoms with Gasteiger partial charge in [0.25, 0.3) is 0 Å². The van der Waals surface area contributed by atoms with Crippen LogP contribution >= 0.6 is 0 Å². The fourth-order valence-electron chi connectivity index (χ4n) is 0.721. The second-order valence-corrected chi connectivity index (χ2v) is 3.21. The molecule has 0 heterocycles. The van der Waals surface area contributed by atoms with Gasteiger partial charge in [0.2, 0.25) is 0 Å². The van der Waals surface area contributed by atoms with Crippen LogP contribution in [0.3, 0.4) is 0 Å². The Morgan fingerprint density at radius 1 is 1.36 bits per heavy atom. The minimum Gasteiger partial charge on any atom is -0.363 e. The molecule has 0 aromatic carbocycles. The van der Waals surface area contributed by atoms with Crippen LogP contribution in [-0.4, -0.2) is 12.2 Å². The molecule has 0 saturated heterocycles. The van der Waals surface area contributed by atoms with E-state index in [2.05, 4.69) is 12.8 Å². The molecule has 0 bridgehead atoms. The van der Waals surface area contributed by atoms with E-state index in [1.54, 1.807) is 0 Å². The topological polar surface area (TPSA) is 9.23 Å². The number of unbranched alkanes of at least 4 members (excludes halogenated alkanes) is 2. The van der Waals surface area contributed by atoms with Crippen molar-refractivity contribution in [2.24, 2.45) is 0 Å². The fourth-order valence-corrected chi connectivity index (χ4v) is 0.721. The molecular formula is C10H18O. The van der Waals surface area contributed by atoms with Gasteiger partial charge in [-0.1, -0.05) is 25.7 Å². The molecule has 0 radical (unpaired) electrons. The van der Waals surface area contributed by atoms with Crippen molar-refractivity contribution in [3.63, 3.8) is 0 Å². The van der Waals surface area contributed by atoms with Gasteiger partial charge in [-0.15, -0.1) is 6.42 Å². The van der Waals surface area contributed by atoms with E-state index in [0.29, 0.717) is 0 Å². The molecular weight excluding hydrogens is 136 g/mol. The lowest BCUT2D eigenvalue weighted by Crippen LogP contribution is -2.22. The van der Waals surface area contributed by atoms with E-state index in [0.717, 1.165) is 13.0 Å². The van der Waals surface area contributed by atoms with Crippen LogP contribution in [0.5, 0.6) is 0 Å². The summed E-state index contributed by atoms with van der Waals surface area (Å²) in [6.45, 7) is 6.79. The average molecular weight is 154 g/mol. The first-order valence-corrected chi connectivity index (χ1v) is 4.24. The normalized spacial score (nSPS) is 11.1. The lowest BCUT2D eigenvalue weighted by Gasteiger charge is -2.18. The third kappa shape index (κ3) is 5.94. The zero-order valence-electron chi connectivity index (χ0n) is 7.81. The largest absolute Gasteiger partial charge is 0.363 e. The van der Waals surface area contributed by atoms with Crippen LogP contribution in [0.15, 0.2) is 0 Å². The molecule has 0 unspecified atom stereocenters. The maximum atomic E-state index is 5.44. The molecule has 0 rings (SSSR count). The van der Waals surface area contributed by atoms with Crippen LogP contribution in [0.1, 0.15) is 40.0 Å². The van der Waals surface area contributed by atoms with Crippen LogP contribution in [0.2, 0.25) is 0 Å². The summed E-state index contributed by atoms with van der Waals surface area (Å²) in [7, 11) is 0. The molecule has 0 spiro atoms. The Bertz CT molecular complexity index is 130. The van der Waals surface area contributed by atoms with Crippen molar-refractivity contribution in [3.8, 4) is 12.3 Å². The lowest BCUT2D eigenvalue weighted by atomic mass is 10.1. The monoisotopic (exact) mass is 154 g/mol. The van der Waals surface area contributed by atoms with Gasteiger partial charge < -0.3 is 4.74 Å². The highest BCUT2D eigenvalue weighted by molar-refractivity contribution is 5.02. The second kappa shape index (κ2) is 5.21. The van der Waals surface area contributed by atoms with Crippen LogP contribution in [0.25, 0.3) is 0 Å². The van der Waals surface area contributed by atoms with Gasteiger partial charge in [0.05, 0.1) is 0 Å². The first-order chi connectivity index (χ1) is 5.12. The number of ether oxygens (including phenoxy) is 1. The van der Waals surface area contributed by atoms with Crippen molar-refractivity contribution in [1.82, 2.24) is 0 Å². The van der Waals surface area contributed by atoms with Crippen molar-refractivity contribution >= 4 is 0 Å². The Hall–Kier alpha value is -0.480. The molecule has 0 N–H and O–H groups in total. The summed E-state index contributed by atoms with van der Waals surface area (Å²) in [5.74, 6) is 2.60. The first-order valence-electron chi connectivity index (χ1n) is 4.24. The highest BCUT2D eigenvalue weighted by atomic mass is 16.5. The molecule has 64 valence electrons. The third-order valence-electron chi connectivity index (χ3n) is 1.56. The minimum atomic E-state index is -0.381. The van der Waals surface area contributed by atoms with Crippen molar-refractivity contribution in [2.75, 3.05) is 6.61 Å². The number of hydrogen-bond acceptors (Lipinski definition) is 1. The van der Waals surface area contributed by atoms with E-state index < -0.39 is 0 Å². The fraction of sp³-hybridized carbons (Fsp3) is 0.800. The van der Waals surface area contributed by atoms with Gasteiger partial charge in [-0.05, 0) is 20.3 Å². The molecule has 11 heavy (non-hydrogen) atoms. The van der Waals surface area contributed by atoms with Gasteiger partial charge in [-0.3, -0.25) is 0 Å². The van der Waals surface area contributed by atoms with Gasteiger partial charge >= 0.3 is 0 Å². The number of terminal acetylenes is 1. The summed E-state index contributed by atoms with van der Waals surface area (Å²) in [5, 5.41) is 0. The molecule has 0 amide bonds. The van der Waals surface area contributed by atoms with Crippen LogP contribution < -0.4 is 0 Å².